The minimum Gasteiger partial charge on any atom is -0.495 e. The molecule has 0 saturated carbocycles. The van der Waals surface area contributed by atoms with Crippen molar-refractivity contribution in [3.63, 3.8) is 0 Å². The summed E-state index contributed by atoms with van der Waals surface area (Å²) in [5.41, 5.74) is 6.03. The van der Waals surface area contributed by atoms with Crippen LogP contribution in [0.25, 0.3) is 0 Å². The van der Waals surface area contributed by atoms with E-state index in [2.05, 4.69) is 5.32 Å². The summed E-state index contributed by atoms with van der Waals surface area (Å²) in [7, 11) is 1.55. The molecule has 5 heteroatoms. The van der Waals surface area contributed by atoms with Crippen molar-refractivity contribution in [2.75, 3.05) is 12.4 Å². The highest BCUT2D eigenvalue weighted by Gasteiger charge is 2.03. The highest BCUT2D eigenvalue weighted by Crippen LogP contribution is 2.27. The first-order valence-electron chi connectivity index (χ1n) is 3.53. The number of nitrogens with two attached hydrogens (primary N) is 1. The van der Waals surface area contributed by atoms with Gasteiger partial charge in [-0.3, -0.25) is 0 Å². The van der Waals surface area contributed by atoms with Crippen LogP contribution in [0.2, 0.25) is 5.02 Å². The molecule has 0 aliphatic rings. The molecule has 0 unspecified atom stereocenters. The molecule has 0 bridgehead atoms. The fourth-order valence-corrected chi connectivity index (χ4v) is 1.17. The summed E-state index contributed by atoms with van der Waals surface area (Å²) < 4.78 is 5.06. The smallest absolute Gasteiger partial charge is 0.168 e. The predicted molar refractivity (Wildman–Crippen MR) is 58.4 cm³/mol. The molecule has 1 aromatic rings. The van der Waals surface area contributed by atoms with Gasteiger partial charge in [-0.05, 0) is 24.4 Å². The lowest BCUT2D eigenvalue weighted by Crippen LogP contribution is -2.19. The first-order chi connectivity index (χ1) is 6.13. The van der Waals surface area contributed by atoms with E-state index in [0.29, 0.717) is 16.5 Å². The number of hydrogen-bond acceptors (Lipinski definition) is 2. The van der Waals surface area contributed by atoms with Crippen LogP contribution in [0.3, 0.4) is 0 Å². The lowest BCUT2D eigenvalue weighted by Gasteiger charge is -2.09. The van der Waals surface area contributed by atoms with E-state index in [1.54, 1.807) is 25.3 Å². The van der Waals surface area contributed by atoms with Crippen molar-refractivity contribution in [3.8, 4) is 5.75 Å². The van der Waals surface area contributed by atoms with E-state index in [1.165, 1.54) is 0 Å². The van der Waals surface area contributed by atoms with Crippen LogP contribution in [-0.4, -0.2) is 12.2 Å². The molecular weight excluding hydrogens is 208 g/mol. The number of thiocarbonyl (C=S) groups is 1. The van der Waals surface area contributed by atoms with Crippen LogP contribution in [0, 0.1) is 0 Å². The van der Waals surface area contributed by atoms with Crippen LogP contribution in [0.15, 0.2) is 18.2 Å². The summed E-state index contributed by atoms with van der Waals surface area (Å²) in [6, 6.07) is 5.16. The highest BCUT2D eigenvalue weighted by molar-refractivity contribution is 7.80. The van der Waals surface area contributed by atoms with Gasteiger partial charge < -0.3 is 15.8 Å². The zero-order chi connectivity index (χ0) is 9.84. The third kappa shape index (κ3) is 2.75. The highest BCUT2D eigenvalue weighted by atomic mass is 35.5. The Morgan fingerprint density at radius 1 is 1.62 bits per heavy atom. The number of methoxy groups -OCH3 is 1. The van der Waals surface area contributed by atoms with Gasteiger partial charge in [-0.1, -0.05) is 11.6 Å². The van der Waals surface area contributed by atoms with Crippen molar-refractivity contribution in [3.05, 3.63) is 23.2 Å². The molecule has 70 valence electrons. The SMILES string of the molecule is COc1cc(Cl)ccc1NC(N)=S. The van der Waals surface area contributed by atoms with Crippen molar-refractivity contribution >= 4 is 34.6 Å². The van der Waals surface area contributed by atoms with Gasteiger partial charge in [-0.15, -0.1) is 0 Å². The molecule has 0 saturated heterocycles. The van der Waals surface area contributed by atoms with E-state index in [0.717, 1.165) is 0 Å². The van der Waals surface area contributed by atoms with Gasteiger partial charge in [-0.25, -0.2) is 0 Å². The van der Waals surface area contributed by atoms with Gasteiger partial charge in [0.15, 0.2) is 5.11 Å². The molecule has 3 N–H and O–H groups in total. The molecule has 3 nitrogen and oxygen atoms in total. The second-order valence-corrected chi connectivity index (χ2v) is 3.21. The van der Waals surface area contributed by atoms with Gasteiger partial charge in [0.25, 0.3) is 0 Å². The van der Waals surface area contributed by atoms with Crippen molar-refractivity contribution in [1.82, 2.24) is 0 Å². The van der Waals surface area contributed by atoms with E-state index >= 15 is 0 Å². The second kappa shape index (κ2) is 4.30. The van der Waals surface area contributed by atoms with Crippen molar-refractivity contribution < 1.29 is 4.74 Å². The molecular formula is C8H9ClN2OS. The Morgan fingerprint density at radius 3 is 2.85 bits per heavy atom. The lowest BCUT2D eigenvalue weighted by molar-refractivity contribution is 0.417. The number of ether oxygens (including phenoxy) is 1. The van der Waals surface area contributed by atoms with Crippen LogP contribution in [-0.2, 0) is 0 Å². The minimum absolute atomic E-state index is 0.195. The van der Waals surface area contributed by atoms with E-state index in [9.17, 15) is 0 Å². The summed E-state index contributed by atoms with van der Waals surface area (Å²) in [5.74, 6) is 0.611. The molecule has 13 heavy (non-hydrogen) atoms. The molecule has 0 aromatic heterocycles. The maximum absolute atomic E-state index is 5.76. The van der Waals surface area contributed by atoms with Crippen LogP contribution < -0.4 is 15.8 Å². The quantitative estimate of drug-likeness (QED) is 0.743. The molecule has 1 rings (SSSR count). The Bertz CT molecular complexity index is 330. The first-order valence-corrected chi connectivity index (χ1v) is 4.32. The van der Waals surface area contributed by atoms with Gasteiger partial charge in [0.05, 0.1) is 12.8 Å². The second-order valence-electron chi connectivity index (χ2n) is 2.33. The third-order valence-corrected chi connectivity index (χ3v) is 1.76. The Balaban J connectivity index is 2.99. The standard InChI is InChI=1S/C8H9ClN2OS/c1-12-7-4-5(9)2-3-6(7)11-8(10)13/h2-4H,1H3,(H3,10,11,13). The average Bonchev–Trinajstić information content (AvgIpc) is 2.07. The molecule has 1 aromatic carbocycles. The van der Waals surface area contributed by atoms with Crippen molar-refractivity contribution in [2.24, 2.45) is 5.73 Å². The van der Waals surface area contributed by atoms with Gasteiger partial charge in [0, 0.05) is 11.1 Å². The largest absolute Gasteiger partial charge is 0.495 e. The fourth-order valence-electron chi connectivity index (χ4n) is 0.901. The zero-order valence-corrected chi connectivity index (χ0v) is 8.58. The van der Waals surface area contributed by atoms with Gasteiger partial charge in [0.2, 0.25) is 0 Å². The Morgan fingerprint density at radius 2 is 2.31 bits per heavy atom. The average molecular weight is 217 g/mol. The molecule has 0 aliphatic heterocycles. The summed E-state index contributed by atoms with van der Waals surface area (Å²) >= 11 is 10.5. The summed E-state index contributed by atoms with van der Waals surface area (Å²) in [6.45, 7) is 0. The summed E-state index contributed by atoms with van der Waals surface area (Å²) in [4.78, 5) is 0. The zero-order valence-electron chi connectivity index (χ0n) is 7.00. The number of benzene rings is 1. The Labute approximate surface area is 86.8 Å². The Kier molecular flexibility index (Phi) is 3.33. The van der Waals surface area contributed by atoms with E-state index in [4.69, 9.17) is 34.3 Å². The van der Waals surface area contributed by atoms with E-state index in [1.807, 2.05) is 0 Å². The van der Waals surface area contributed by atoms with Crippen LogP contribution in [0.5, 0.6) is 5.75 Å². The number of nitrogens with one attached hydrogen (secondary N) is 1. The van der Waals surface area contributed by atoms with Gasteiger partial charge in [0.1, 0.15) is 5.75 Å². The van der Waals surface area contributed by atoms with E-state index in [-0.39, 0.29) is 5.11 Å². The van der Waals surface area contributed by atoms with E-state index < -0.39 is 0 Å². The molecule has 0 fully saturated rings. The Hall–Kier alpha value is -1.00. The van der Waals surface area contributed by atoms with Gasteiger partial charge >= 0.3 is 0 Å². The normalized spacial score (nSPS) is 9.38. The fraction of sp³-hybridized carbons (Fsp3) is 0.125. The first kappa shape index (κ1) is 10.1. The molecule has 0 heterocycles. The third-order valence-electron chi connectivity index (χ3n) is 1.42. The maximum Gasteiger partial charge on any atom is 0.168 e. The predicted octanol–water partition coefficient (Wildman–Crippen LogP) is 2.00. The topological polar surface area (TPSA) is 47.3 Å². The minimum atomic E-state index is 0.195. The molecule has 0 aliphatic carbocycles. The number of halogens is 1. The monoisotopic (exact) mass is 216 g/mol. The van der Waals surface area contributed by atoms with Crippen LogP contribution >= 0.6 is 23.8 Å². The lowest BCUT2D eigenvalue weighted by atomic mass is 10.3. The molecule has 0 atom stereocenters. The summed E-state index contributed by atoms with van der Waals surface area (Å²) in [5, 5.41) is 3.57. The van der Waals surface area contributed by atoms with Crippen LogP contribution in [0.1, 0.15) is 0 Å². The summed E-state index contributed by atoms with van der Waals surface area (Å²) in [6.07, 6.45) is 0. The number of anilines is 1. The van der Waals surface area contributed by atoms with Crippen molar-refractivity contribution in [2.45, 2.75) is 0 Å². The molecule has 0 spiro atoms. The van der Waals surface area contributed by atoms with Crippen molar-refractivity contribution in [1.29, 1.82) is 0 Å². The molecule has 0 radical (unpaired) electrons. The number of hydrogen-bond donors (Lipinski definition) is 2. The van der Waals surface area contributed by atoms with Crippen LogP contribution in [0.4, 0.5) is 5.69 Å². The number of rotatable bonds is 2. The maximum atomic E-state index is 5.76. The molecule has 0 amide bonds. The van der Waals surface area contributed by atoms with Gasteiger partial charge in [-0.2, -0.15) is 0 Å².